The van der Waals surface area contributed by atoms with Gasteiger partial charge in [-0.25, -0.2) is 0 Å². The first kappa shape index (κ1) is 13.8. The number of pyridine rings is 1. The van der Waals surface area contributed by atoms with Crippen molar-refractivity contribution in [2.24, 2.45) is 0 Å². The lowest BCUT2D eigenvalue weighted by Gasteiger charge is -2.56. The van der Waals surface area contributed by atoms with E-state index in [4.69, 9.17) is 9.47 Å². The highest BCUT2D eigenvalue weighted by Gasteiger charge is 2.67. The molecular formula is C16H17NO4. The minimum absolute atomic E-state index is 0.335. The fraction of sp³-hybridized carbons (Fsp3) is 0.438. The van der Waals surface area contributed by atoms with Crippen LogP contribution in [-0.2, 0) is 29.9 Å². The molecule has 21 heavy (non-hydrogen) atoms. The van der Waals surface area contributed by atoms with Crippen molar-refractivity contribution in [1.29, 1.82) is 0 Å². The van der Waals surface area contributed by atoms with Crippen molar-refractivity contribution in [1.82, 2.24) is 4.98 Å². The number of hydrogen-bond donors (Lipinski definition) is 0. The maximum Gasteiger partial charge on any atom is 0.319 e. The van der Waals surface area contributed by atoms with Gasteiger partial charge in [0.25, 0.3) is 0 Å². The van der Waals surface area contributed by atoms with Crippen LogP contribution in [0.1, 0.15) is 31.5 Å². The van der Waals surface area contributed by atoms with E-state index in [0.29, 0.717) is 6.42 Å². The van der Waals surface area contributed by atoms with E-state index < -0.39 is 16.9 Å². The van der Waals surface area contributed by atoms with Crippen LogP contribution in [0.25, 0.3) is 0 Å². The molecule has 5 heteroatoms. The zero-order valence-corrected chi connectivity index (χ0v) is 12.3. The largest absolute Gasteiger partial charge is 0.468 e. The third-order valence-corrected chi connectivity index (χ3v) is 4.66. The van der Waals surface area contributed by atoms with Crippen LogP contribution in [0.2, 0.25) is 0 Å². The molecule has 1 heterocycles. The van der Waals surface area contributed by atoms with Crippen molar-refractivity contribution in [2.45, 2.75) is 37.2 Å². The standard InChI is InChI=1S/C16H17NO4/c1-10(18)21-11-6-7-15(2)12-5-4-8-17-13(12)16(15,9-11)14(19)20-3/h4-8,11H,9H2,1-3H3/t11-,15+,16-/m1/s1. The highest BCUT2D eigenvalue weighted by molar-refractivity contribution is 5.91. The van der Waals surface area contributed by atoms with Crippen molar-refractivity contribution in [3.63, 3.8) is 0 Å². The summed E-state index contributed by atoms with van der Waals surface area (Å²) in [5.74, 6) is -0.702. The Balaban J connectivity index is 2.12. The molecule has 0 N–H and O–H groups in total. The molecule has 3 atom stereocenters. The fourth-order valence-electron chi connectivity index (χ4n) is 3.65. The number of carbonyl (C=O) groups is 2. The SMILES string of the molecule is COC(=O)[C@]12C[C@H](OC(C)=O)C=C[C@@]1(C)c1cccnc12. The van der Waals surface area contributed by atoms with Gasteiger partial charge in [0.1, 0.15) is 11.5 Å². The normalized spacial score (nSPS) is 32.4. The Hall–Kier alpha value is -2.17. The quantitative estimate of drug-likeness (QED) is 0.611. The molecule has 1 aromatic heterocycles. The highest BCUT2D eigenvalue weighted by atomic mass is 16.5. The summed E-state index contributed by atoms with van der Waals surface area (Å²) in [5.41, 5.74) is 0.391. The van der Waals surface area contributed by atoms with Gasteiger partial charge in [0, 0.05) is 25.0 Å². The van der Waals surface area contributed by atoms with Crippen LogP contribution in [0.4, 0.5) is 0 Å². The second-order valence-electron chi connectivity index (χ2n) is 5.71. The number of allylic oxidation sites excluding steroid dienone is 1. The van der Waals surface area contributed by atoms with Crippen molar-refractivity contribution >= 4 is 11.9 Å². The minimum Gasteiger partial charge on any atom is -0.468 e. The Kier molecular flexibility index (Phi) is 2.90. The molecule has 0 amide bonds. The summed E-state index contributed by atoms with van der Waals surface area (Å²) in [6.07, 6.45) is 5.37. The average Bonchev–Trinajstić information content (AvgIpc) is 2.47. The second kappa shape index (κ2) is 4.41. The van der Waals surface area contributed by atoms with E-state index in [9.17, 15) is 9.59 Å². The number of rotatable bonds is 2. The molecule has 2 aliphatic carbocycles. The molecule has 110 valence electrons. The molecule has 1 aromatic rings. The summed E-state index contributed by atoms with van der Waals surface area (Å²) in [4.78, 5) is 28.1. The van der Waals surface area contributed by atoms with Gasteiger partial charge in [-0.05, 0) is 17.7 Å². The zero-order chi connectivity index (χ0) is 15.3. The molecule has 3 rings (SSSR count). The van der Waals surface area contributed by atoms with Gasteiger partial charge in [0.2, 0.25) is 0 Å². The van der Waals surface area contributed by atoms with Gasteiger partial charge in [0.15, 0.2) is 0 Å². The number of esters is 2. The molecule has 2 aliphatic rings. The summed E-state index contributed by atoms with van der Waals surface area (Å²) < 4.78 is 10.3. The first-order valence-corrected chi connectivity index (χ1v) is 6.86. The third-order valence-electron chi connectivity index (χ3n) is 4.66. The Labute approximate surface area is 123 Å². The Bertz CT molecular complexity index is 653. The van der Waals surface area contributed by atoms with E-state index in [1.807, 2.05) is 31.2 Å². The van der Waals surface area contributed by atoms with Gasteiger partial charge in [-0.15, -0.1) is 0 Å². The molecule has 0 saturated heterocycles. The maximum absolute atomic E-state index is 12.5. The van der Waals surface area contributed by atoms with Crippen LogP contribution < -0.4 is 0 Å². The molecule has 0 spiro atoms. The lowest BCUT2D eigenvalue weighted by molar-refractivity contribution is -0.158. The Morgan fingerprint density at radius 1 is 1.43 bits per heavy atom. The van der Waals surface area contributed by atoms with Crippen molar-refractivity contribution in [2.75, 3.05) is 7.11 Å². The average molecular weight is 287 g/mol. The number of ether oxygens (including phenoxy) is 2. The smallest absolute Gasteiger partial charge is 0.319 e. The highest BCUT2D eigenvalue weighted by Crippen LogP contribution is 2.60. The van der Waals surface area contributed by atoms with Gasteiger partial charge in [-0.1, -0.05) is 19.1 Å². The summed E-state index contributed by atoms with van der Waals surface area (Å²) in [6, 6.07) is 3.83. The van der Waals surface area contributed by atoms with Gasteiger partial charge in [-0.3, -0.25) is 14.6 Å². The number of hydrogen-bond acceptors (Lipinski definition) is 5. The van der Waals surface area contributed by atoms with E-state index in [1.165, 1.54) is 14.0 Å². The summed E-state index contributed by atoms with van der Waals surface area (Å²) >= 11 is 0. The number of fused-ring (bicyclic) bond motifs is 4. The van der Waals surface area contributed by atoms with Gasteiger partial charge in [-0.2, -0.15) is 0 Å². The van der Waals surface area contributed by atoms with E-state index >= 15 is 0 Å². The van der Waals surface area contributed by atoms with Crippen LogP contribution in [0, 0.1) is 0 Å². The first-order valence-electron chi connectivity index (χ1n) is 6.86. The van der Waals surface area contributed by atoms with Crippen LogP contribution >= 0.6 is 0 Å². The molecule has 0 aromatic carbocycles. The maximum atomic E-state index is 12.5. The van der Waals surface area contributed by atoms with Crippen LogP contribution in [0.15, 0.2) is 30.5 Å². The molecule has 0 aliphatic heterocycles. The van der Waals surface area contributed by atoms with Gasteiger partial charge >= 0.3 is 11.9 Å². The zero-order valence-electron chi connectivity index (χ0n) is 12.3. The van der Waals surface area contributed by atoms with E-state index in [2.05, 4.69) is 4.98 Å². The summed E-state index contributed by atoms with van der Waals surface area (Å²) in [5, 5.41) is 0. The predicted molar refractivity (Wildman–Crippen MR) is 74.6 cm³/mol. The van der Waals surface area contributed by atoms with Gasteiger partial charge < -0.3 is 9.47 Å². The molecular weight excluding hydrogens is 270 g/mol. The lowest BCUT2D eigenvalue weighted by atomic mass is 9.45. The fourth-order valence-corrected chi connectivity index (χ4v) is 3.65. The van der Waals surface area contributed by atoms with Crippen LogP contribution in [-0.4, -0.2) is 30.1 Å². The molecule has 5 nitrogen and oxygen atoms in total. The number of carbonyl (C=O) groups excluding carboxylic acids is 2. The van der Waals surface area contributed by atoms with Crippen molar-refractivity contribution in [3.05, 3.63) is 41.7 Å². The predicted octanol–water partition coefficient (Wildman–Crippen LogP) is 1.66. The van der Waals surface area contributed by atoms with E-state index in [0.717, 1.165) is 11.3 Å². The topological polar surface area (TPSA) is 65.5 Å². The Morgan fingerprint density at radius 2 is 2.19 bits per heavy atom. The molecule has 0 fully saturated rings. The Morgan fingerprint density at radius 3 is 2.86 bits per heavy atom. The van der Waals surface area contributed by atoms with Crippen LogP contribution in [0.5, 0.6) is 0 Å². The molecule has 0 unspecified atom stereocenters. The molecule has 0 saturated carbocycles. The lowest BCUT2D eigenvalue weighted by Crippen LogP contribution is -2.64. The summed E-state index contributed by atoms with van der Waals surface area (Å²) in [6.45, 7) is 3.36. The monoisotopic (exact) mass is 287 g/mol. The second-order valence-corrected chi connectivity index (χ2v) is 5.71. The van der Waals surface area contributed by atoms with Gasteiger partial charge in [0.05, 0.1) is 12.8 Å². The number of methoxy groups -OCH3 is 1. The number of nitrogens with zero attached hydrogens (tertiary/aromatic N) is 1. The van der Waals surface area contributed by atoms with E-state index in [-0.39, 0.29) is 11.9 Å². The van der Waals surface area contributed by atoms with Crippen LogP contribution in [0.3, 0.4) is 0 Å². The number of aromatic nitrogens is 1. The van der Waals surface area contributed by atoms with Crippen molar-refractivity contribution in [3.8, 4) is 0 Å². The summed E-state index contributed by atoms with van der Waals surface area (Å²) in [7, 11) is 1.37. The third kappa shape index (κ3) is 1.60. The van der Waals surface area contributed by atoms with E-state index in [1.54, 1.807) is 6.20 Å². The molecule has 0 bridgehead atoms. The van der Waals surface area contributed by atoms with Crippen molar-refractivity contribution < 1.29 is 19.1 Å². The molecule has 0 radical (unpaired) electrons. The minimum atomic E-state index is -0.882. The first-order chi connectivity index (χ1) is 9.95.